The molecule has 2 rings (SSSR count). The highest BCUT2D eigenvalue weighted by Crippen LogP contribution is 2.23. The second-order valence-corrected chi connectivity index (χ2v) is 4.63. The first-order chi connectivity index (χ1) is 8.91. The summed E-state index contributed by atoms with van der Waals surface area (Å²) in [5.74, 6) is 0. The first kappa shape index (κ1) is 15.0. The van der Waals surface area contributed by atoms with Gasteiger partial charge in [-0.05, 0) is 0 Å². The van der Waals surface area contributed by atoms with Crippen LogP contribution in [0.25, 0.3) is 0 Å². The lowest BCUT2D eigenvalue weighted by molar-refractivity contribution is -0.329. The topological polar surface area (TPSA) is 149 Å². The summed E-state index contributed by atoms with van der Waals surface area (Å²) >= 11 is 0. The highest BCUT2D eigenvalue weighted by Gasteiger charge is 2.45. The third-order valence-electron chi connectivity index (χ3n) is 3.19. The molecule has 0 amide bonds. The largest absolute Gasteiger partial charge is 0.388 e. The van der Waals surface area contributed by atoms with Crippen LogP contribution in [0.3, 0.4) is 0 Å². The highest BCUT2D eigenvalue weighted by molar-refractivity contribution is 4.87. The summed E-state index contributed by atoms with van der Waals surface area (Å²) in [6, 6.07) is 0. The molecule has 2 aliphatic rings. The van der Waals surface area contributed by atoms with Gasteiger partial charge in [-0.2, -0.15) is 0 Å². The molecule has 2 aliphatic heterocycles. The Morgan fingerprint density at radius 1 is 0.737 bits per heavy atom. The third kappa shape index (κ3) is 3.05. The number of aliphatic hydroxyl groups is 6. The fourth-order valence-corrected chi connectivity index (χ4v) is 2.01. The molecule has 2 fully saturated rings. The lowest BCUT2D eigenvalue weighted by Crippen LogP contribution is -2.60. The van der Waals surface area contributed by atoms with Crippen molar-refractivity contribution in [2.75, 3.05) is 13.2 Å². The molecule has 9 heteroatoms. The summed E-state index contributed by atoms with van der Waals surface area (Å²) in [5.41, 5.74) is 0. The average molecular weight is 282 g/mol. The van der Waals surface area contributed by atoms with Crippen LogP contribution in [0.5, 0.6) is 0 Å². The van der Waals surface area contributed by atoms with Crippen LogP contribution in [-0.2, 0) is 14.2 Å². The molecule has 0 aromatic rings. The molecule has 19 heavy (non-hydrogen) atoms. The minimum Gasteiger partial charge on any atom is -0.388 e. The van der Waals surface area contributed by atoms with Gasteiger partial charge in [-0.1, -0.05) is 0 Å². The maximum atomic E-state index is 9.66. The Bertz CT molecular complexity index is 301. The van der Waals surface area contributed by atoms with E-state index < -0.39 is 49.2 Å². The maximum Gasteiger partial charge on any atom is 0.186 e. The van der Waals surface area contributed by atoms with Crippen molar-refractivity contribution < 1.29 is 44.8 Å². The van der Waals surface area contributed by atoms with Crippen LogP contribution in [0.4, 0.5) is 0 Å². The number of hydrogen-bond donors (Lipinski definition) is 6. The van der Waals surface area contributed by atoms with Crippen molar-refractivity contribution in [3.63, 3.8) is 0 Å². The predicted octanol–water partition coefficient (Wildman–Crippen LogP) is -4.12. The second-order valence-electron chi connectivity index (χ2n) is 4.63. The number of aliphatic hydroxyl groups excluding tert-OH is 6. The van der Waals surface area contributed by atoms with Crippen molar-refractivity contribution in [1.82, 2.24) is 0 Å². The van der Waals surface area contributed by atoms with Crippen molar-refractivity contribution in [3.8, 4) is 0 Å². The molecule has 112 valence electrons. The van der Waals surface area contributed by atoms with E-state index in [4.69, 9.17) is 9.47 Å². The van der Waals surface area contributed by atoms with Crippen molar-refractivity contribution in [2.24, 2.45) is 0 Å². The van der Waals surface area contributed by atoms with E-state index in [1.54, 1.807) is 0 Å². The van der Waals surface area contributed by atoms with E-state index in [1.807, 2.05) is 0 Å². The van der Waals surface area contributed by atoms with Gasteiger partial charge in [0.25, 0.3) is 0 Å². The second kappa shape index (κ2) is 5.95. The van der Waals surface area contributed by atoms with E-state index in [-0.39, 0.29) is 13.2 Å². The quantitative estimate of drug-likeness (QED) is 0.297. The van der Waals surface area contributed by atoms with Crippen molar-refractivity contribution >= 4 is 0 Å². The molecule has 6 N–H and O–H groups in total. The Morgan fingerprint density at radius 2 is 1.37 bits per heavy atom. The Labute approximate surface area is 108 Å². The molecule has 8 atom stereocenters. The van der Waals surface area contributed by atoms with E-state index in [0.717, 1.165) is 0 Å². The van der Waals surface area contributed by atoms with Crippen molar-refractivity contribution in [2.45, 2.75) is 49.2 Å². The highest BCUT2D eigenvalue weighted by atomic mass is 16.7. The van der Waals surface area contributed by atoms with Gasteiger partial charge in [0.2, 0.25) is 0 Å². The lowest BCUT2D eigenvalue weighted by atomic mass is 10.0. The molecular formula is C10H18O9. The van der Waals surface area contributed by atoms with Gasteiger partial charge in [-0.15, -0.1) is 0 Å². The molecular weight excluding hydrogens is 264 g/mol. The van der Waals surface area contributed by atoms with Crippen LogP contribution in [0.1, 0.15) is 0 Å². The molecule has 0 radical (unpaired) electrons. The maximum absolute atomic E-state index is 9.66. The molecule has 9 nitrogen and oxygen atoms in total. The monoisotopic (exact) mass is 282 g/mol. The molecule has 2 heterocycles. The van der Waals surface area contributed by atoms with Crippen molar-refractivity contribution in [1.29, 1.82) is 0 Å². The fourth-order valence-electron chi connectivity index (χ4n) is 2.01. The van der Waals surface area contributed by atoms with Crippen LogP contribution >= 0.6 is 0 Å². The summed E-state index contributed by atoms with van der Waals surface area (Å²) in [7, 11) is 0. The van der Waals surface area contributed by atoms with Crippen LogP contribution in [0, 0.1) is 0 Å². The van der Waals surface area contributed by atoms with Gasteiger partial charge >= 0.3 is 0 Å². The van der Waals surface area contributed by atoms with Crippen LogP contribution < -0.4 is 0 Å². The first-order valence-corrected chi connectivity index (χ1v) is 5.89. The van der Waals surface area contributed by atoms with Gasteiger partial charge < -0.3 is 44.8 Å². The summed E-state index contributed by atoms with van der Waals surface area (Å²) < 4.78 is 14.8. The van der Waals surface area contributed by atoms with E-state index in [2.05, 4.69) is 4.74 Å². The van der Waals surface area contributed by atoms with Crippen molar-refractivity contribution in [3.05, 3.63) is 0 Å². The third-order valence-corrected chi connectivity index (χ3v) is 3.19. The normalized spacial score (nSPS) is 52.1. The molecule has 0 aromatic carbocycles. The molecule has 0 aliphatic carbocycles. The van der Waals surface area contributed by atoms with Gasteiger partial charge in [0.05, 0.1) is 13.2 Å². The Balaban J connectivity index is 1.99. The number of rotatable bonds is 2. The van der Waals surface area contributed by atoms with Gasteiger partial charge in [-0.3, -0.25) is 0 Å². The Kier molecular flexibility index (Phi) is 4.71. The van der Waals surface area contributed by atoms with Crippen LogP contribution in [0.15, 0.2) is 0 Å². The van der Waals surface area contributed by atoms with E-state index in [0.29, 0.717) is 0 Å². The number of hydrogen-bond acceptors (Lipinski definition) is 9. The number of ether oxygens (including phenoxy) is 3. The summed E-state index contributed by atoms with van der Waals surface area (Å²) in [5, 5.41) is 57.0. The zero-order valence-electron chi connectivity index (χ0n) is 9.94. The first-order valence-electron chi connectivity index (χ1n) is 5.89. The fraction of sp³-hybridized carbons (Fsp3) is 1.00. The smallest absolute Gasteiger partial charge is 0.186 e. The average Bonchev–Trinajstić information content (AvgIpc) is 2.39. The molecule has 0 aromatic heterocycles. The molecule has 0 saturated carbocycles. The minimum absolute atomic E-state index is 0.253. The summed E-state index contributed by atoms with van der Waals surface area (Å²) in [6.07, 6.45) is -11.1. The molecule has 2 saturated heterocycles. The predicted molar refractivity (Wildman–Crippen MR) is 56.6 cm³/mol. The van der Waals surface area contributed by atoms with Gasteiger partial charge in [0.15, 0.2) is 12.6 Å². The lowest BCUT2D eigenvalue weighted by Gasteiger charge is -2.41. The SMILES string of the molecule is OC1OC[C@H](O)[C@@H](O[C@@H]2OC[C@@H](O)[C@H](O)[C@H]2O)[C@@H]1O. The Hall–Kier alpha value is -0.360. The Morgan fingerprint density at radius 3 is 2.05 bits per heavy atom. The van der Waals surface area contributed by atoms with Crippen LogP contribution in [-0.4, -0.2) is 93.1 Å². The van der Waals surface area contributed by atoms with Gasteiger partial charge in [0.1, 0.15) is 36.6 Å². The molecule has 0 bridgehead atoms. The van der Waals surface area contributed by atoms with Crippen LogP contribution in [0.2, 0.25) is 0 Å². The summed E-state index contributed by atoms with van der Waals surface area (Å²) in [4.78, 5) is 0. The zero-order chi connectivity index (χ0) is 14.2. The van der Waals surface area contributed by atoms with E-state index in [1.165, 1.54) is 0 Å². The summed E-state index contributed by atoms with van der Waals surface area (Å²) in [6.45, 7) is -0.516. The van der Waals surface area contributed by atoms with Gasteiger partial charge in [-0.25, -0.2) is 0 Å². The van der Waals surface area contributed by atoms with E-state index in [9.17, 15) is 30.6 Å². The molecule has 0 spiro atoms. The standard InChI is InChI=1S/C10H18O9/c11-3-1-18-10(6(14)5(3)13)19-8-4(12)2-17-9(16)7(8)15/h3-16H,1-2H2/t3-,4+,5+,6-,7+,8-,9?,10+/m1/s1. The zero-order valence-corrected chi connectivity index (χ0v) is 9.94. The minimum atomic E-state index is -1.54. The molecule has 1 unspecified atom stereocenters. The van der Waals surface area contributed by atoms with E-state index >= 15 is 0 Å². The van der Waals surface area contributed by atoms with Gasteiger partial charge in [0, 0.05) is 0 Å².